The van der Waals surface area contributed by atoms with Crippen LogP contribution in [0.4, 0.5) is 19.0 Å². The Labute approximate surface area is 277 Å². The van der Waals surface area contributed by atoms with E-state index in [1.165, 1.54) is 38.3 Å². The van der Waals surface area contributed by atoms with Gasteiger partial charge >= 0.3 is 6.01 Å². The van der Waals surface area contributed by atoms with Crippen molar-refractivity contribution in [1.29, 1.82) is 0 Å². The zero-order valence-corrected chi connectivity index (χ0v) is 27.3. The van der Waals surface area contributed by atoms with Gasteiger partial charge in [0, 0.05) is 29.0 Å². The lowest BCUT2D eigenvalue weighted by atomic mass is 9.76. The monoisotopic (exact) mass is 661 g/mol. The quantitative estimate of drug-likeness (QED) is 0.249. The predicted molar refractivity (Wildman–Crippen MR) is 176 cm³/mol. The molecule has 0 spiro atoms. The number of alkyl halides is 1. The topological polar surface area (TPSA) is 93.1 Å². The average molecular weight is 662 g/mol. The first kappa shape index (κ1) is 32.2. The number of aromatic hydroxyl groups is 1. The van der Waals surface area contributed by atoms with Crippen LogP contribution >= 0.6 is 0 Å². The van der Waals surface area contributed by atoms with Gasteiger partial charge in [-0.25, -0.2) is 18.2 Å². The van der Waals surface area contributed by atoms with Crippen LogP contribution in [0, 0.1) is 29.4 Å². The van der Waals surface area contributed by atoms with Gasteiger partial charge in [-0.3, -0.25) is 0 Å². The Bertz CT molecular complexity index is 1950. The van der Waals surface area contributed by atoms with E-state index >= 15 is 8.78 Å². The third kappa shape index (κ3) is 5.52. The minimum Gasteiger partial charge on any atom is -0.508 e. The molecule has 3 fully saturated rings. The fourth-order valence-corrected chi connectivity index (χ4v) is 8.02. The van der Waals surface area contributed by atoms with E-state index in [1.54, 1.807) is 4.90 Å². The van der Waals surface area contributed by atoms with E-state index in [0.717, 1.165) is 38.6 Å². The molecule has 1 N–H and O–H groups in total. The van der Waals surface area contributed by atoms with E-state index in [1.807, 2.05) is 0 Å². The number of methoxy groups -OCH3 is 1. The van der Waals surface area contributed by atoms with Gasteiger partial charge in [0.2, 0.25) is 5.88 Å². The molecule has 3 aliphatic rings. The van der Waals surface area contributed by atoms with Gasteiger partial charge in [-0.1, -0.05) is 18.4 Å². The Balaban J connectivity index is 1.44. The van der Waals surface area contributed by atoms with Gasteiger partial charge in [0.05, 0.1) is 39.0 Å². The summed E-state index contributed by atoms with van der Waals surface area (Å²) in [6, 6.07) is 5.62. The third-order valence-corrected chi connectivity index (χ3v) is 10.2. The summed E-state index contributed by atoms with van der Waals surface area (Å²) in [5, 5.41) is 11.3. The molecule has 4 aromatic rings. The normalized spacial score (nSPS) is 24.8. The molecule has 0 radical (unpaired) electrons. The highest BCUT2D eigenvalue weighted by Gasteiger charge is 2.47. The number of nitrogens with zero attached hydrogens (tertiary/aromatic N) is 5. The number of piperidine rings is 1. The van der Waals surface area contributed by atoms with Crippen LogP contribution in [0.2, 0.25) is 0 Å². The Morgan fingerprint density at radius 1 is 1.12 bits per heavy atom. The molecular formula is C36H38F3N5O4. The van der Waals surface area contributed by atoms with Crippen LogP contribution in [0.15, 0.2) is 24.3 Å². The summed E-state index contributed by atoms with van der Waals surface area (Å²) >= 11 is 0. The number of fused-ring (bicyclic) bond motifs is 3. The summed E-state index contributed by atoms with van der Waals surface area (Å²) in [7, 11) is 3.51. The van der Waals surface area contributed by atoms with Gasteiger partial charge in [-0.15, -0.1) is 6.42 Å². The summed E-state index contributed by atoms with van der Waals surface area (Å²) in [6.07, 6.45) is 10.9. The Hall–Kier alpha value is -4.34. The van der Waals surface area contributed by atoms with Gasteiger partial charge in [0.25, 0.3) is 0 Å². The highest BCUT2D eigenvalue weighted by molar-refractivity contribution is 6.04. The second-order valence-corrected chi connectivity index (χ2v) is 13.5. The molecule has 12 heteroatoms. The van der Waals surface area contributed by atoms with Crippen molar-refractivity contribution >= 4 is 27.5 Å². The lowest BCUT2D eigenvalue weighted by Crippen LogP contribution is -2.50. The van der Waals surface area contributed by atoms with Crippen molar-refractivity contribution < 1.29 is 32.5 Å². The fraction of sp³-hybridized carbons (Fsp3) is 0.472. The number of phenols is 1. The first-order chi connectivity index (χ1) is 23.0. The lowest BCUT2D eigenvalue weighted by Gasteiger charge is -2.44. The SMILES string of the molecule is C#Cc1c(F)ccc2cc(O)cc(-c3nc(OC)c4c(N5CCOCC(C)(F)C5)nc(OC[C@]56CCC[C@H]5N(C)CCC6)nc4c3F)c12. The van der Waals surface area contributed by atoms with Crippen LogP contribution in [-0.2, 0) is 4.74 Å². The van der Waals surface area contributed by atoms with Crippen LogP contribution in [0.25, 0.3) is 32.9 Å². The molecular weight excluding hydrogens is 623 g/mol. The molecule has 2 aromatic heterocycles. The van der Waals surface area contributed by atoms with Crippen LogP contribution in [0.5, 0.6) is 17.6 Å². The summed E-state index contributed by atoms with van der Waals surface area (Å²) in [4.78, 5) is 17.9. The zero-order chi connectivity index (χ0) is 33.8. The van der Waals surface area contributed by atoms with Gasteiger partial charge in [0.15, 0.2) is 5.82 Å². The molecule has 48 heavy (non-hydrogen) atoms. The molecule has 4 heterocycles. The molecule has 0 bridgehead atoms. The number of halogens is 3. The van der Waals surface area contributed by atoms with E-state index in [2.05, 4.69) is 27.8 Å². The second kappa shape index (κ2) is 12.3. The maximum Gasteiger partial charge on any atom is 0.319 e. The molecule has 7 rings (SSSR count). The predicted octanol–water partition coefficient (Wildman–Crippen LogP) is 6.03. The van der Waals surface area contributed by atoms with Crippen LogP contribution in [0.3, 0.4) is 0 Å². The molecule has 9 nitrogen and oxygen atoms in total. The van der Waals surface area contributed by atoms with Crippen LogP contribution < -0.4 is 14.4 Å². The van der Waals surface area contributed by atoms with Crippen LogP contribution in [0.1, 0.15) is 44.6 Å². The van der Waals surface area contributed by atoms with Crippen molar-refractivity contribution in [2.45, 2.75) is 50.7 Å². The summed E-state index contributed by atoms with van der Waals surface area (Å²) < 4.78 is 65.2. The molecule has 252 valence electrons. The Morgan fingerprint density at radius 3 is 2.73 bits per heavy atom. The number of hydrogen-bond acceptors (Lipinski definition) is 9. The Morgan fingerprint density at radius 2 is 1.94 bits per heavy atom. The molecule has 0 amide bonds. The highest BCUT2D eigenvalue weighted by Crippen LogP contribution is 2.48. The number of rotatable bonds is 6. The standard InChI is InChI=1S/C36H38F3N5O4/c1-5-23-25(37)10-9-21-16-22(45)17-24(27(21)23)30-29(38)31-28(33(40-30)46-4)32(44-14-15-47-19-35(2,39)18-44)42-34(41-31)48-20-36-11-6-8-26(36)43(3)13-7-12-36/h1,9-10,16-17,26,45H,6-8,11-15,18-20H2,2-4H3/t26-,35?,36-/m1/s1. The van der Waals surface area contributed by atoms with E-state index in [0.29, 0.717) is 18.0 Å². The molecule has 2 saturated heterocycles. The lowest BCUT2D eigenvalue weighted by molar-refractivity contribution is 0.0133. The number of aromatic nitrogens is 3. The maximum absolute atomic E-state index is 17.1. The van der Waals surface area contributed by atoms with E-state index < -0.39 is 17.3 Å². The minimum absolute atomic E-state index is 0.0489. The van der Waals surface area contributed by atoms with Crippen molar-refractivity contribution in [2.24, 2.45) is 5.41 Å². The number of terminal acetylenes is 1. The zero-order valence-electron chi connectivity index (χ0n) is 27.3. The summed E-state index contributed by atoms with van der Waals surface area (Å²) in [5.41, 5.74) is -2.32. The minimum atomic E-state index is -1.73. The summed E-state index contributed by atoms with van der Waals surface area (Å²) in [6.45, 7) is 3.08. The first-order valence-electron chi connectivity index (χ1n) is 16.3. The number of likely N-dealkylation sites (tertiary alicyclic amines) is 1. The first-order valence-corrected chi connectivity index (χ1v) is 16.3. The van der Waals surface area contributed by atoms with E-state index in [9.17, 15) is 9.50 Å². The van der Waals surface area contributed by atoms with E-state index in [-0.39, 0.29) is 88.3 Å². The van der Waals surface area contributed by atoms with Crippen molar-refractivity contribution in [3.8, 4) is 41.2 Å². The number of ether oxygens (including phenoxy) is 3. The van der Waals surface area contributed by atoms with Crippen LogP contribution in [-0.4, -0.2) is 90.3 Å². The average Bonchev–Trinajstić information content (AvgIpc) is 3.42. The highest BCUT2D eigenvalue weighted by atomic mass is 19.1. The number of pyridine rings is 1. The molecule has 2 aromatic carbocycles. The number of anilines is 1. The van der Waals surface area contributed by atoms with Gasteiger partial charge in [-0.2, -0.15) is 9.97 Å². The smallest absolute Gasteiger partial charge is 0.319 e. The molecule has 3 atom stereocenters. The Kier molecular flexibility index (Phi) is 8.24. The van der Waals surface area contributed by atoms with E-state index in [4.69, 9.17) is 25.6 Å². The largest absolute Gasteiger partial charge is 0.508 e. The third-order valence-electron chi connectivity index (χ3n) is 10.2. The van der Waals surface area contributed by atoms with Crippen molar-refractivity contribution in [1.82, 2.24) is 19.9 Å². The van der Waals surface area contributed by atoms with Crippen molar-refractivity contribution in [2.75, 3.05) is 58.5 Å². The maximum atomic E-state index is 17.1. The number of hydrogen-bond donors (Lipinski definition) is 1. The second-order valence-electron chi connectivity index (χ2n) is 13.5. The fourth-order valence-electron chi connectivity index (χ4n) is 8.02. The number of phenolic OH excluding ortho intramolecular Hbond substituents is 1. The molecule has 2 aliphatic heterocycles. The van der Waals surface area contributed by atoms with Crippen molar-refractivity contribution in [3.63, 3.8) is 0 Å². The molecule has 1 aliphatic carbocycles. The van der Waals surface area contributed by atoms with Gasteiger partial charge in [0.1, 0.15) is 39.7 Å². The molecule has 1 unspecified atom stereocenters. The van der Waals surface area contributed by atoms with Gasteiger partial charge < -0.3 is 29.1 Å². The summed E-state index contributed by atoms with van der Waals surface area (Å²) in [5.74, 6) is 0.731. The van der Waals surface area contributed by atoms with Gasteiger partial charge in [-0.05, 0) is 69.8 Å². The molecule has 1 saturated carbocycles. The number of benzene rings is 2. The van der Waals surface area contributed by atoms with Crippen molar-refractivity contribution in [3.05, 3.63) is 41.5 Å².